The van der Waals surface area contributed by atoms with Crippen LogP contribution in [0.4, 0.5) is 5.69 Å². The standard InChI is InChI=1S/C15H12N2O/c16-12-6-7-15-11(8-12)9-14(10-17-15)18-13-4-2-1-3-5-13/h1-10H,16H2. The molecule has 18 heavy (non-hydrogen) atoms. The number of para-hydroxylation sites is 1. The van der Waals surface area contributed by atoms with E-state index < -0.39 is 0 Å². The third kappa shape index (κ3) is 2.11. The quantitative estimate of drug-likeness (QED) is 0.691. The molecule has 0 aliphatic carbocycles. The van der Waals surface area contributed by atoms with Gasteiger partial charge in [0.15, 0.2) is 0 Å². The molecular formula is C15H12N2O. The van der Waals surface area contributed by atoms with Crippen molar-refractivity contribution >= 4 is 16.6 Å². The van der Waals surface area contributed by atoms with Crippen LogP contribution in [0.25, 0.3) is 10.9 Å². The van der Waals surface area contributed by atoms with Gasteiger partial charge in [0.1, 0.15) is 11.5 Å². The Labute approximate surface area is 105 Å². The maximum atomic E-state index is 5.76. The number of hydrogen-bond donors (Lipinski definition) is 1. The number of hydrogen-bond acceptors (Lipinski definition) is 3. The third-order valence-corrected chi connectivity index (χ3v) is 2.66. The van der Waals surface area contributed by atoms with E-state index in [0.717, 1.165) is 22.3 Å². The molecule has 0 saturated carbocycles. The van der Waals surface area contributed by atoms with E-state index in [1.165, 1.54) is 0 Å². The van der Waals surface area contributed by atoms with Crippen molar-refractivity contribution in [1.29, 1.82) is 0 Å². The summed E-state index contributed by atoms with van der Waals surface area (Å²) in [6.07, 6.45) is 1.71. The molecule has 3 aromatic rings. The van der Waals surface area contributed by atoms with E-state index >= 15 is 0 Å². The van der Waals surface area contributed by atoms with Gasteiger partial charge in [0.25, 0.3) is 0 Å². The molecule has 0 aliphatic rings. The summed E-state index contributed by atoms with van der Waals surface area (Å²) in [5.74, 6) is 1.50. The summed E-state index contributed by atoms with van der Waals surface area (Å²) >= 11 is 0. The zero-order valence-corrected chi connectivity index (χ0v) is 9.71. The van der Waals surface area contributed by atoms with Crippen LogP contribution in [0, 0.1) is 0 Å². The molecule has 3 heteroatoms. The summed E-state index contributed by atoms with van der Waals surface area (Å²) in [7, 11) is 0. The fraction of sp³-hybridized carbons (Fsp3) is 0. The molecule has 2 N–H and O–H groups in total. The van der Waals surface area contributed by atoms with Gasteiger partial charge in [-0.05, 0) is 36.4 Å². The summed E-state index contributed by atoms with van der Waals surface area (Å²) in [6, 6.07) is 17.2. The number of ether oxygens (including phenoxy) is 1. The molecule has 0 amide bonds. The van der Waals surface area contributed by atoms with E-state index in [2.05, 4.69) is 4.98 Å². The molecule has 0 radical (unpaired) electrons. The molecule has 88 valence electrons. The van der Waals surface area contributed by atoms with E-state index in [0.29, 0.717) is 5.75 Å². The highest BCUT2D eigenvalue weighted by Gasteiger charge is 2.00. The van der Waals surface area contributed by atoms with E-state index in [4.69, 9.17) is 10.5 Å². The molecule has 0 spiro atoms. The Hall–Kier alpha value is -2.55. The van der Waals surface area contributed by atoms with E-state index in [1.54, 1.807) is 6.20 Å². The van der Waals surface area contributed by atoms with E-state index in [1.807, 2.05) is 54.6 Å². The summed E-state index contributed by atoms with van der Waals surface area (Å²) in [6.45, 7) is 0. The van der Waals surface area contributed by atoms with Gasteiger partial charge in [-0.1, -0.05) is 18.2 Å². The average Bonchev–Trinajstić information content (AvgIpc) is 2.39. The topological polar surface area (TPSA) is 48.1 Å². The molecule has 0 bridgehead atoms. The number of aromatic nitrogens is 1. The Balaban J connectivity index is 1.98. The predicted octanol–water partition coefficient (Wildman–Crippen LogP) is 3.61. The van der Waals surface area contributed by atoms with Crippen LogP contribution in [0.15, 0.2) is 60.8 Å². The van der Waals surface area contributed by atoms with E-state index in [-0.39, 0.29) is 0 Å². The van der Waals surface area contributed by atoms with Gasteiger partial charge < -0.3 is 10.5 Å². The number of nitrogens with zero attached hydrogens (tertiary/aromatic N) is 1. The SMILES string of the molecule is Nc1ccc2ncc(Oc3ccccc3)cc2c1. The molecule has 2 aromatic carbocycles. The lowest BCUT2D eigenvalue weighted by Gasteiger charge is -2.06. The number of benzene rings is 2. The van der Waals surface area contributed by atoms with Crippen LogP contribution in [0.5, 0.6) is 11.5 Å². The first-order valence-corrected chi connectivity index (χ1v) is 5.69. The average molecular weight is 236 g/mol. The number of nitrogen functional groups attached to an aromatic ring is 1. The van der Waals surface area contributed by atoms with Crippen LogP contribution in [0.1, 0.15) is 0 Å². The van der Waals surface area contributed by atoms with Gasteiger partial charge >= 0.3 is 0 Å². The van der Waals surface area contributed by atoms with Gasteiger partial charge in [0, 0.05) is 11.1 Å². The smallest absolute Gasteiger partial charge is 0.146 e. The van der Waals surface area contributed by atoms with Gasteiger partial charge in [0.05, 0.1) is 11.7 Å². The van der Waals surface area contributed by atoms with Gasteiger partial charge in [-0.3, -0.25) is 4.98 Å². The maximum absolute atomic E-state index is 5.76. The van der Waals surface area contributed by atoms with Crippen molar-refractivity contribution in [3.63, 3.8) is 0 Å². The Morgan fingerprint density at radius 3 is 2.56 bits per heavy atom. The third-order valence-electron chi connectivity index (χ3n) is 2.66. The van der Waals surface area contributed by atoms with Crippen molar-refractivity contribution in [2.45, 2.75) is 0 Å². The highest BCUT2D eigenvalue weighted by atomic mass is 16.5. The van der Waals surface area contributed by atoms with Crippen LogP contribution in [-0.2, 0) is 0 Å². The second-order valence-corrected chi connectivity index (χ2v) is 4.04. The number of nitrogens with two attached hydrogens (primary N) is 1. The Bertz CT molecular complexity index is 680. The first kappa shape index (κ1) is 10.6. The summed E-state index contributed by atoms with van der Waals surface area (Å²) in [4.78, 5) is 4.34. The highest BCUT2D eigenvalue weighted by Crippen LogP contribution is 2.24. The largest absolute Gasteiger partial charge is 0.456 e. The Morgan fingerprint density at radius 1 is 0.889 bits per heavy atom. The molecule has 3 nitrogen and oxygen atoms in total. The molecule has 0 saturated heterocycles. The van der Waals surface area contributed by atoms with E-state index in [9.17, 15) is 0 Å². The molecule has 0 unspecified atom stereocenters. The summed E-state index contributed by atoms with van der Waals surface area (Å²) in [5, 5.41) is 0.975. The number of anilines is 1. The van der Waals surface area contributed by atoms with Gasteiger partial charge in [0.2, 0.25) is 0 Å². The minimum atomic E-state index is 0.708. The zero-order valence-electron chi connectivity index (χ0n) is 9.71. The van der Waals surface area contributed by atoms with Crippen LogP contribution in [0.3, 0.4) is 0 Å². The number of pyridine rings is 1. The molecule has 3 rings (SSSR count). The Morgan fingerprint density at radius 2 is 1.72 bits per heavy atom. The lowest BCUT2D eigenvalue weighted by atomic mass is 10.2. The zero-order chi connectivity index (χ0) is 12.4. The fourth-order valence-corrected chi connectivity index (χ4v) is 1.81. The first-order chi connectivity index (χ1) is 8.81. The van der Waals surface area contributed by atoms with Crippen molar-refractivity contribution in [2.24, 2.45) is 0 Å². The van der Waals surface area contributed by atoms with Crippen LogP contribution in [-0.4, -0.2) is 4.98 Å². The van der Waals surface area contributed by atoms with Crippen LogP contribution < -0.4 is 10.5 Å². The number of fused-ring (bicyclic) bond motifs is 1. The first-order valence-electron chi connectivity index (χ1n) is 5.69. The second kappa shape index (κ2) is 4.37. The number of rotatable bonds is 2. The second-order valence-electron chi connectivity index (χ2n) is 4.04. The highest BCUT2D eigenvalue weighted by molar-refractivity contribution is 5.82. The molecule has 0 atom stereocenters. The molecule has 0 aliphatic heterocycles. The van der Waals surface area contributed by atoms with Gasteiger partial charge in [-0.25, -0.2) is 0 Å². The molecule has 1 aromatic heterocycles. The normalized spacial score (nSPS) is 10.4. The molecule has 0 fully saturated rings. The van der Waals surface area contributed by atoms with Gasteiger partial charge in [-0.15, -0.1) is 0 Å². The lowest BCUT2D eigenvalue weighted by molar-refractivity contribution is 0.481. The van der Waals surface area contributed by atoms with Crippen molar-refractivity contribution in [3.05, 3.63) is 60.8 Å². The summed E-state index contributed by atoms with van der Waals surface area (Å²) < 4.78 is 5.72. The van der Waals surface area contributed by atoms with Crippen molar-refractivity contribution in [3.8, 4) is 11.5 Å². The molecule has 1 heterocycles. The fourth-order valence-electron chi connectivity index (χ4n) is 1.81. The minimum absolute atomic E-state index is 0.708. The minimum Gasteiger partial charge on any atom is -0.456 e. The lowest BCUT2D eigenvalue weighted by Crippen LogP contribution is -1.88. The maximum Gasteiger partial charge on any atom is 0.146 e. The molecular weight excluding hydrogens is 224 g/mol. The van der Waals surface area contributed by atoms with Gasteiger partial charge in [-0.2, -0.15) is 0 Å². The van der Waals surface area contributed by atoms with Crippen molar-refractivity contribution < 1.29 is 4.74 Å². The van der Waals surface area contributed by atoms with Crippen LogP contribution >= 0.6 is 0 Å². The van der Waals surface area contributed by atoms with Crippen LogP contribution in [0.2, 0.25) is 0 Å². The Kier molecular flexibility index (Phi) is 2.57. The predicted molar refractivity (Wildman–Crippen MR) is 72.7 cm³/mol. The van der Waals surface area contributed by atoms with Crippen molar-refractivity contribution in [2.75, 3.05) is 5.73 Å². The van der Waals surface area contributed by atoms with Crippen molar-refractivity contribution in [1.82, 2.24) is 4.98 Å². The monoisotopic (exact) mass is 236 g/mol. The summed E-state index contributed by atoms with van der Waals surface area (Å²) in [5.41, 5.74) is 7.39.